The highest BCUT2D eigenvalue weighted by atomic mass is 16.5. The zero-order valence-electron chi connectivity index (χ0n) is 9.66. The molecule has 2 nitrogen and oxygen atoms in total. The Morgan fingerprint density at radius 3 is 2.73 bits per heavy atom. The van der Waals surface area contributed by atoms with Crippen LogP contribution in [0, 0.1) is 0 Å². The van der Waals surface area contributed by atoms with Crippen LogP contribution in [-0.4, -0.2) is 19.8 Å². The third-order valence-corrected chi connectivity index (χ3v) is 2.09. The molecular formula is C13H20O2. The number of rotatable bonds is 7. The number of ether oxygens (including phenoxy) is 2. The van der Waals surface area contributed by atoms with Crippen molar-refractivity contribution >= 4 is 0 Å². The van der Waals surface area contributed by atoms with Gasteiger partial charge in [-0.05, 0) is 37.5 Å². The molecular weight excluding hydrogens is 188 g/mol. The van der Waals surface area contributed by atoms with Crippen molar-refractivity contribution < 1.29 is 9.47 Å². The van der Waals surface area contributed by atoms with Gasteiger partial charge in [0.2, 0.25) is 0 Å². The first-order valence-corrected chi connectivity index (χ1v) is 5.66. The van der Waals surface area contributed by atoms with Crippen molar-refractivity contribution in [3.63, 3.8) is 0 Å². The van der Waals surface area contributed by atoms with E-state index in [-0.39, 0.29) is 0 Å². The second kappa shape index (κ2) is 7.30. The maximum atomic E-state index is 5.45. The summed E-state index contributed by atoms with van der Waals surface area (Å²) in [6, 6.07) is 8.21. The molecule has 0 radical (unpaired) electrons. The Morgan fingerprint density at radius 1 is 1.13 bits per heavy atom. The molecule has 0 saturated heterocycles. The first-order valence-electron chi connectivity index (χ1n) is 5.66. The van der Waals surface area contributed by atoms with Crippen LogP contribution in [0.4, 0.5) is 0 Å². The van der Waals surface area contributed by atoms with Gasteiger partial charge in [-0.1, -0.05) is 19.1 Å². The van der Waals surface area contributed by atoms with Crippen molar-refractivity contribution in [3.8, 4) is 5.75 Å². The zero-order chi connectivity index (χ0) is 10.9. The van der Waals surface area contributed by atoms with Crippen molar-refractivity contribution in [2.75, 3.05) is 19.8 Å². The molecule has 0 N–H and O–H groups in total. The molecule has 15 heavy (non-hydrogen) atoms. The Morgan fingerprint density at radius 2 is 2.00 bits per heavy atom. The normalized spacial score (nSPS) is 10.3. The van der Waals surface area contributed by atoms with Gasteiger partial charge in [0.05, 0.1) is 13.2 Å². The molecule has 0 fully saturated rings. The highest BCUT2D eigenvalue weighted by Gasteiger charge is 1.96. The Balaban J connectivity index is 2.36. The topological polar surface area (TPSA) is 18.5 Å². The monoisotopic (exact) mass is 208 g/mol. The highest BCUT2D eigenvalue weighted by Crippen LogP contribution is 2.13. The van der Waals surface area contributed by atoms with Crippen LogP contribution in [0.25, 0.3) is 0 Å². The third kappa shape index (κ3) is 4.84. The molecule has 0 aromatic heterocycles. The Bertz CT molecular complexity index is 271. The smallest absolute Gasteiger partial charge is 0.119 e. The van der Waals surface area contributed by atoms with Gasteiger partial charge in [-0.2, -0.15) is 0 Å². The first kappa shape index (κ1) is 12.1. The average Bonchev–Trinajstić information content (AvgIpc) is 2.26. The van der Waals surface area contributed by atoms with Gasteiger partial charge in [-0.15, -0.1) is 0 Å². The summed E-state index contributed by atoms with van der Waals surface area (Å²) < 4.78 is 10.9. The number of hydrogen-bond acceptors (Lipinski definition) is 2. The lowest BCUT2D eigenvalue weighted by Gasteiger charge is -2.06. The van der Waals surface area contributed by atoms with E-state index in [1.54, 1.807) is 0 Å². The van der Waals surface area contributed by atoms with Gasteiger partial charge in [0.15, 0.2) is 0 Å². The van der Waals surface area contributed by atoms with Crippen molar-refractivity contribution in [2.45, 2.75) is 26.7 Å². The standard InChI is InChI=1S/C13H20O2/c1-3-9-14-10-8-12-6-5-7-13(11-12)15-4-2/h5-7,11H,3-4,8-10H2,1-2H3. The average molecular weight is 208 g/mol. The molecule has 1 aromatic carbocycles. The van der Waals surface area contributed by atoms with Crippen LogP contribution in [0.15, 0.2) is 24.3 Å². The van der Waals surface area contributed by atoms with Gasteiger partial charge in [0.1, 0.15) is 5.75 Å². The summed E-state index contributed by atoms with van der Waals surface area (Å²) in [6.07, 6.45) is 2.04. The van der Waals surface area contributed by atoms with Crippen molar-refractivity contribution in [3.05, 3.63) is 29.8 Å². The van der Waals surface area contributed by atoms with Crippen LogP contribution in [0.1, 0.15) is 25.8 Å². The maximum Gasteiger partial charge on any atom is 0.119 e. The summed E-state index contributed by atoms with van der Waals surface area (Å²) in [5, 5.41) is 0. The van der Waals surface area contributed by atoms with Crippen LogP contribution in [0.5, 0.6) is 5.75 Å². The molecule has 0 saturated carbocycles. The first-order chi connectivity index (χ1) is 7.36. The largest absolute Gasteiger partial charge is 0.494 e. The molecule has 0 spiro atoms. The number of benzene rings is 1. The molecule has 0 amide bonds. The van der Waals surface area contributed by atoms with E-state index in [2.05, 4.69) is 19.1 Å². The molecule has 2 heteroatoms. The predicted molar refractivity (Wildman–Crippen MR) is 62.4 cm³/mol. The van der Waals surface area contributed by atoms with Crippen LogP contribution in [-0.2, 0) is 11.2 Å². The summed E-state index contributed by atoms with van der Waals surface area (Å²) in [5.41, 5.74) is 1.28. The lowest BCUT2D eigenvalue weighted by molar-refractivity contribution is 0.138. The minimum absolute atomic E-state index is 0.718. The van der Waals surface area contributed by atoms with Crippen molar-refractivity contribution in [1.29, 1.82) is 0 Å². The molecule has 0 heterocycles. The summed E-state index contributed by atoms with van der Waals surface area (Å²) >= 11 is 0. The van der Waals surface area contributed by atoms with Gasteiger partial charge in [0.25, 0.3) is 0 Å². The molecule has 1 rings (SSSR count). The molecule has 0 bridgehead atoms. The summed E-state index contributed by atoms with van der Waals surface area (Å²) in [6.45, 7) is 6.48. The van der Waals surface area contributed by atoms with E-state index >= 15 is 0 Å². The lowest BCUT2D eigenvalue weighted by Crippen LogP contribution is -2.00. The zero-order valence-corrected chi connectivity index (χ0v) is 9.66. The highest BCUT2D eigenvalue weighted by molar-refractivity contribution is 5.28. The minimum atomic E-state index is 0.718. The van der Waals surface area contributed by atoms with Gasteiger partial charge in [0, 0.05) is 6.61 Å². The van der Waals surface area contributed by atoms with E-state index in [9.17, 15) is 0 Å². The van der Waals surface area contributed by atoms with Gasteiger partial charge in [-0.3, -0.25) is 0 Å². The van der Waals surface area contributed by atoms with E-state index in [4.69, 9.17) is 9.47 Å². The van der Waals surface area contributed by atoms with E-state index in [0.29, 0.717) is 0 Å². The predicted octanol–water partition coefficient (Wildman–Crippen LogP) is 3.05. The molecule has 0 atom stereocenters. The van der Waals surface area contributed by atoms with Crippen LogP contribution in [0.3, 0.4) is 0 Å². The van der Waals surface area contributed by atoms with Gasteiger partial charge >= 0.3 is 0 Å². The second-order valence-electron chi connectivity index (χ2n) is 3.44. The summed E-state index contributed by atoms with van der Waals surface area (Å²) in [5.74, 6) is 0.950. The van der Waals surface area contributed by atoms with Crippen LogP contribution < -0.4 is 4.74 Å². The van der Waals surface area contributed by atoms with Crippen molar-refractivity contribution in [1.82, 2.24) is 0 Å². The maximum absolute atomic E-state index is 5.45. The third-order valence-electron chi connectivity index (χ3n) is 2.09. The van der Waals surface area contributed by atoms with E-state index < -0.39 is 0 Å². The van der Waals surface area contributed by atoms with Crippen molar-refractivity contribution in [2.24, 2.45) is 0 Å². The van der Waals surface area contributed by atoms with Crippen LogP contribution in [0.2, 0.25) is 0 Å². The minimum Gasteiger partial charge on any atom is -0.494 e. The summed E-state index contributed by atoms with van der Waals surface area (Å²) in [7, 11) is 0. The fourth-order valence-corrected chi connectivity index (χ4v) is 1.39. The van der Waals surface area contributed by atoms with Crippen LogP contribution >= 0.6 is 0 Å². The molecule has 0 aliphatic carbocycles. The Kier molecular flexibility index (Phi) is 5.86. The van der Waals surface area contributed by atoms with Gasteiger partial charge < -0.3 is 9.47 Å². The Labute approximate surface area is 92.2 Å². The second-order valence-corrected chi connectivity index (χ2v) is 3.44. The summed E-state index contributed by atoms with van der Waals surface area (Å²) in [4.78, 5) is 0. The van der Waals surface area contributed by atoms with E-state index in [1.807, 2.05) is 19.1 Å². The van der Waals surface area contributed by atoms with E-state index in [0.717, 1.165) is 38.4 Å². The molecule has 84 valence electrons. The molecule has 1 aromatic rings. The molecule has 0 aliphatic rings. The number of hydrogen-bond donors (Lipinski definition) is 0. The SMILES string of the molecule is CCCOCCc1cccc(OCC)c1. The quantitative estimate of drug-likeness (QED) is 0.641. The Hall–Kier alpha value is -1.02. The van der Waals surface area contributed by atoms with E-state index in [1.165, 1.54) is 5.56 Å². The van der Waals surface area contributed by atoms with Gasteiger partial charge in [-0.25, -0.2) is 0 Å². The fraction of sp³-hybridized carbons (Fsp3) is 0.538. The fourth-order valence-electron chi connectivity index (χ4n) is 1.39. The molecule has 0 aliphatic heterocycles. The lowest BCUT2D eigenvalue weighted by atomic mass is 10.1. The molecule has 0 unspecified atom stereocenters.